The van der Waals surface area contributed by atoms with E-state index in [1.165, 1.54) is 48.9 Å². The number of fused-ring (bicyclic) bond motifs is 9. The highest BCUT2D eigenvalue weighted by Gasteiger charge is 2.21. The minimum absolute atomic E-state index is 0.651. The average molecular weight is 743 g/mol. The fraction of sp³-hybridized carbons (Fsp3) is 0.0370. The first-order valence-electron chi connectivity index (χ1n) is 19.9. The Labute approximate surface area is 336 Å². The highest BCUT2D eigenvalue weighted by Crippen LogP contribution is 2.43. The van der Waals surface area contributed by atoms with Crippen LogP contribution in [0.4, 0.5) is 0 Å². The van der Waals surface area contributed by atoms with Crippen LogP contribution in [0.1, 0.15) is 12.8 Å². The second kappa shape index (κ2) is 13.6. The maximum atomic E-state index is 5.36. The van der Waals surface area contributed by atoms with E-state index in [9.17, 15) is 0 Å². The summed E-state index contributed by atoms with van der Waals surface area (Å²) in [6.45, 7) is 8.42. The standard InChI is InChI=1S/C54H38N4/c1-3-4-17-35(2)57-48-28-14-11-23-41(48)46-33-38(30-31-50(46)57)37-20-16-21-39(32-37)45-34-51-52(42-24-9-8-22-40(42)45)44-26-12-15-29-49(44)58(51)54-55-47-27-13-10-25-43(47)53(56-54)36-18-6-5-7-19-36/h3,5-16,18-34H,1-2,4,17H2. The zero-order valence-corrected chi connectivity index (χ0v) is 31.9. The molecular formula is C54H38N4. The van der Waals surface area contributed by atoms with Gasteiger partial charge >= 0.3 is 0 Å². The summed E-state index contributed by atoms with van der Waals surface area (Å²) in [6, 6.07) is 63.0. The molecule has 4 heteroatoms. The molecule has 0 spiro atoms. The normalized spacial score (nSPS) is 11.7. The Kier molecular flexibility index (Phi) is 7.90. The van der Waals surface area contributed by atoms with E-state index in [1.807, 2.05) is 12.1 Å². The van der Waals surface area contributed by atoms with Gasteiger partial charge in [0, 0.05) is 38.2 Å². The highest BCUT2D eigenvalue weighted by molar-refractivity contribution is 6.24. The Bertz CT molecular complexity index is 3440. The van der Waals surface area contributed by atoms with Crippen LogP contribution in [0.3, 0.4) is 0 Å². The van der Waals surface area contributed by atoms with Crippen molar-refractivity contribution in [3.05, 3.63) is 195 Å². The molecule has 0 N–H and O–H groups in total. The lowest BCUT2D eigenvalue weighted by Gasteiger charge is -2.14. The number of rotatable bonds is 8. The van der Waals surface area contributed by atoms with E-state index in [2.05, 4.69) is 192 Å². The topological polar surface area (TPSA) is 35.6 Å². The SMILES string of the molecule is C=CCCC(=C)n1c2ccccc2c2cc(-c3cccc(-c4cc5c(c6ccccc46)c4ccccc4n5-c4nc(-c5ccccc5)c5ccccc5n4)c3)ccc21. The van der Waals surface area contributed by atoms with Crippen molar-refractivity contribution in [3.8, 4) is 39.5 Å². The van der Waals surface area contributed by atoms with Gasteiger partial charge < -0.3 is 4.57 Å². The maximum Gasteiger partial charge on any atom is 0.235 e. The lowest BCUT2D eigenvalue weighted by molar-refractivity contribution is 0.999. The van der Waals surface area contributed by atoms with E-state index < -0.39 is 0 Å². The van der Waals surface area contributed by atoms with E-state index in [0.717, 1.165) is 68.4 Å². The van der Waals surface area contributed by atoms with Gasteiger partial charge in [0.15, 0.2) is 0 Å². The number of hydrogen-bond donors (Lipinski definition) is 0. The summed E-state index contributed by atoms with van der Waals surface area (Å²) >= 11 is 0. The van der Waals surface area contributed by atoms with Crippen molar-refractivity contribution >= 4 is 71.0 Å². The molecule has 8 aromatic carbocycles. The molecule has 4 nitrogen and oxygen atoms in total. The van der Waals surface area contributed by atoms with E-state index in [4.69, 9.17) is 9.97 Å². The van der Waals surface area contributed by atoms with Gasteiger partial charge in [-0.3, -0.25) is 4.57 Å². The van der Waals surface area contributed by atoms with Crippen LogP contribution in [0, 0.1) is 0 Å². The number of allylic oxidation sites excluding steroid dienone is 2. The Morgan fingerprint density at radius 3 is 1.95 bits per heavy atom. The van der Waals surface area contributed by atoms with Crippen LogP contribution in [0.5, 0.6) is 0 Å². The minimum atomic E-state index is 0.651. The summed E-state index contributed by atoms with van der Waals surface area (Å²) in [5.41, 5.74) is 13.1. The van der Waals surface area contributed by atoms with Crippen molar-refractivity contribution in [1.29, 1.82) is 0 Å². The second-order valence-corrected chi connectivity index (χ2v) is 15.0. The molecule has 0 saturated heterocycles. The van der Waals surface area contributed by atoms with E-state index >= 15 is 0 Å². The van der Waals surface area contributed by atoms with Gasteiger partial charge in [-0.25, -0.2) is 9.97 Å². The third-order valence-corrected chi connectivity index (χ3v) is 11.7. The predicted octanol–water partition coefficient (Wildman–Crippen LogP) is 14.4. The molecule has 0 unspecified atom stereocenters. The van der Waals surface area contributed by atoms with Crippen LogP contribution in [0.15, 0.2) is 195 Å². The summed E-state index contributed by atoms with van der Waals surface area (Å²) < 4.78 is 4.58. The third-order valence-electron chi connectivity index (χ3n) is 11.7. The molecule has 0 bridgehead atoms. The van der Waals surface area contributed by atoms with Crippen molar-refractivity contribution in [2.24, 2.45) is 0 Å². The zero-order chi connectivity index (χ0) is 38.7. The molecule has 0 radical (unpaired) electrons. The molecule has 0 atom stereocenters. The van der Waals surface area contributed by atoms with Crippen molar-refractivity contribution in [3.63, 3.8) is 0 Å². The first-order chi connectivity index (χ1) is 28.7. The summed E-state index contributed by atoms with van der Waals surface area (Å²) in [4.78, 5) is 10.6. The van der Waals surface area contributed by atoms with E-state index in [0.29, 0.717) is 5.95 Å². The van der Waals surface area contributed by atoms with Crippen LogP contribution in [-0.2, 0) is 0 Å². The number of aromatic nitrogens is 4. The molecule has 274 valence electrons. The average Bonchev–Trinajstić information content (AvgIpc) is 3.80. The van der Waals surface area contributed by atoms with Gasteiger partial charge in [0.2, 0.25) is 5.95 Å². The van der Waals surface area contributed by atoms with Gasteiger partial charge in [-0.05, 0) is 88.3 Å². The number of nitrogens with zero attached hydrogens (tertiary/aromatic N) is 4. The monoisotopic (exact) mass is 742 g/mol. The number of para-hydroxylation sites is 3. The molecule has 58 heavy (non-hydrogen) atoms. The molecule has 0 fully saturated rings. The smallest absolute Gasteiger partial charge is 0.235 e. The van der Waals surface area contributed by atoms with Gasteiger partial charge in [0.1, 0.15) is 0 Å². The van der Waals surface area contributed by atoms with Crippen molar-refractivity contribution in [2.75, 3.05) is 0 Å². The Morgan fingerprint density at radius 1 is 0.483 bits per heavy atom. The van der Waals surface area contributed by atoms with E-state index in [1.54, 1.807) is 0 Å². The van der Waals surface area contributed by atoms with Crippen LogP contribution < -0.4 is 0 Å². The molecule has 0 amide bonds. The molecule has 0 saturated carbocycles. The van der Waals surface area contributed by atoms with Gasteiger partial charge in [-0.2, -0.15) is 0 Å². The van der Waals surface area contributed by atoms with Crippen molar-refractivity contribution in [1.82, 2.24) is 19.1 Å². The molecule has 0 aliphatic rings. The number of hydrogen-bond acceptors (Lipinski definition) is 2. The fourth-order valence-electron chi connectivity index (χ4n) is 9.00. The lowest BCUT2D eigenvalue weighted by atomic mass is 9.92. The van der Waals surface area contributed by atoms with Gasteiger partial charge in [-0.15, -0.1) is 6.58 Å². The van der Waals surface area contributed by atoms with Crippen molar-refractivity contribution in [2.45, 2.75) is 12.8 Å². The third kappa shape index (κ3) is 5.30. The lowest BCUT2D eigenvalue weighted by Crippen LogP contribution is -2.03. The second-order valence-electron chi connectivity index (χ2n) is 15.0. The van der Waals surface area contributed by atoms with Crippen LogP contribution in [-0.4, -0.2) is 19.1 Å². The molecular weight excluding hydrogens is 705 g/mol. The maximum absolute atomic E-state index is 5.36. The van der Waals surface area contributed by atoms with Gasteiger partial charge in [-0.1, -0.05) is 146 Å². The molecule has 3 aromatic heterocycles. The first kappa shape index (κ1) is 33.8. The molecule has 3 heterocycles. The molecule has 0 aliphatic heterocycles. The fourth-order valence-corrected chi connectivity index (χ4v) is 9.00. The molecule has 11 rings (SSSR count). The van der Waals surface area contributed by atoms with Crippen LogP contribution in [0.2, 0.25) is 0 Å². The zero-order valence-electron chi connectivity index (χ0n) is 31.9. The van der Waals surface area contributed by atoms with Crippen molar-refractivity contribution < 1.29 is 0 Å². The molecule has 0 aliphatic carbocycles. The minimum Gasteiger partial charge on any atom is -0.314 e. The number of benzene rings is 8. The Morgan fingerprint density at radius 2 is 1.12 bits per heavy atom. The first-order valence-corrected chi connectivity index (χ1v) is 19.9. The van der Waals surface area contributed by atoms with Crippen LogP contribution in [0.25, 0.3) is 110 Å². The van der Waals surface area contributed by atoms with Gasteiger partial charge in [0.25, 0.3) is 0 Å². The highest BCUT2D eigenvalue weighted by atomic mass is 15.2. The Hall–Kier alpha value is -7.56. The van der Waals surface area contributed by atoms with E-state index in [-0.39, 0.29) is 0 Å². The summed E-state index contributed by atoms with van der Waals surface area (Å²) in [5.74, 6) is 0.651. The quantitative estimate of drug-likeness (QED) is 0.145. The summed E-state index contributed by atoms with van der Waals surface area (Å²) in [5, 5.41) is 8.25. The largest absolute Gasteiger partial charge is 0.314 e. The molecule has 11 aromatic rings. The van der Waals surface area contributed by atoms with Crippen LogP contribution >= 0.6 is 0 Å². The summed E-state index contributed by atoms with van der Waals surface area (Å²) in [6.07, 6.45) is 3.71. The Balaban J connectivity index is 1.13. The summed E-state index contributed by atoms with van der Waals surface area (Å²) in [7, 11) is 0. The predicted molar refractivity (Wildman–Crippen MR) is 245 cm³/mol. The van der Waals surface area contributed by atoms with Gasteiger partial charge in [0.05, 0.1) is 33.3 Å².